The molecule has 0 radical (unpaired) electrons. The Bertz CT molecular complexity index is 485. The average molecular weight is 258 g/mol. The second-order valence-corrected chi connectivity index (χ2v) is 7.02. The molecule has 0 spiro atoms. The molecule has 4 bridgehead atoms. The lowest BCUT2D eigenvalue weighted by molar-refractivity contribution is -0.225. The zero-order chi connectivity index (χ0) is 13.3. The first-order chi connectivity index (χ1) is 9.05. The van der Waals surface area contributed by atoms with E-state index >= 15 is 0 Å². The average Bonchev–Trinajstić information content (AvgIpc) is 2.40. The molecular weight excluding hydrogens is 236 g/mol. The number of aliphatic hydroxyl groups is 1. The summed E-state index contributed by atoms with van der Waals surface area (Å²) in [6.07, 6.45) is 0.291. The van der Waals surface area contributed by atoms with Crippen molar-refractivity contribution < 1.29 is 5.11 Å². The van der Waals surface area contributed by atoms with Crippen LogP contribution in [0.4, 0.5) is 0 Å². The van der Waals surface area contributed by atoms with Crippen molar-refractivity contribution in [2.75, 3.05) is 26.2 Å². The van der Waals surface area contributed by atoms with Crippen LogP contribution in [0.25, 0.3) is 0 Å². The van der Waals surface area contributed by atoms with Crippen LogP contribution in [-0.4, -0.2) is 53.4 Å². The van der Waals surface area contributed by atoms with Gasteiger partial charge in [0.1, 0.15) is 0 Å². The summed E-state index contributed by atoms with van der Waals surface area (Å²) < 4.78 is 0. The van der Waals surface area contributed by atoms with Gasteiger partial charge in [0.15, 0.2) is 0 Å². The van der Waals surface area contributed by atoms with Crippen molar-refractivity contribution in [3.05, 3.63) is 35.9 Å². The quantitative estimate of drug-likeness (QED) is 0.822. The van der Waals surface area contributed by atoms with E-state index in [9.17, 15) is 5.11 Å². The van der Waals surface area contributed by atoms with Crippen LogP contribution >= 0.6 is 0 Å². The molecule has 0 aliphatic carbocycles. The van der Waals surface area contributed by atoms with Crippen molar-refractivity contribution in [1.82, 2.24) is 9.80 Å². The topological polar surface area (TPSA) is 26.7 Å². The van der Waals surface area contributed by atoms with E-state index in [4.69, 9.17) is 0 Å². The van der Waals surface area contributed by atoms with Gasteiger partial charge in [0.05, 0.1) is 12.3 Å². The van der Waals surface area contributed by atoms with Gasteiger partial charge in [-0.3, -0.25) is 9.80 Å². The van der Waals surface area contributed by atoms with E-state index in [1.807, 2.05) is 0 Å². The van der Waals surface area contributed by atoms with Crippen molar-refractivity contribution in [2.45, 2.75) is 31.5 Å². The van der Waals surface area contributed by atoms with Gasteiger partial charge in [-0.15, -0.1) is 0 Å². The Morgan fingerprint density at radius 1 is 1.05 bits per heavy atom. The van der Waals surface area contributed by atoms with Crippen LogP contribution in [0.2, 0.25) is 0 Å². The molecule has 1 aromatic carbocycles. The fraction of sp³-hybridized carbons (Fsp3) is 0.625. The summed E-state index contributed by atoms with van der Waals surface area (Å²) in [5.74, 6) is 0. The maximum atomic E-state index is 11.0. The zero-order valence-electron chi connectivity index (χ0n) is 11.7. The molecule has 4 heterocycles. The third-order valence-electron chi connectivity index (χ3n) is 5.69. The molecule has 0 amide bonds. The summed E-state index contributed by atoms with van der Waals surface area (Å²) in [7, 11) is 0. The van der Waals surface area contributed by atoms with E-state index in [1.54, 1.807) is 0 Å². The molecule has 4 fully saturated rings. The molecule has 3 heteroatoms. The Balaban J connectivity index is 1.85. The number of nitrogens with zero attached hydrogens (tertiary/aromatic N) is 2. The first kappa shape index (κ1) is 11.9. The van der Waals surface area contributed by atoms with Crippen molar-refractivity contribution in [1.29, 1.82) is 0 Å². The van der Waals surface area contributed by atoms with E-state index in [-0.39, 0.29) is 16.9 Å². The molecule has 1 aromatic rings. The monoisotopic (exact) mass is 258 g/mol. The molecule has 19 heavy (non-hydrogen) atoms. The SMILES string of the molecule is CC1N2CC3(C)CN1CC(c1ccccc1)(C2)C3O. The highest BCUT2D eigenvalue weighted by atomic mass is 16.3. The van der Waals surface area contributed by atoms with Crippen molar-refractivity contribution >= 4 is 0 Å². The summed E-state index contributed by atoms with van der Waals surface area (Å²) >= 11 is 0. The van der Waals surface area contributed by atoms with Crippen LogP contribution in [0.5, 0.6) is 0 Å². The molecule has 0 saturated carbocycles. The third kappa shape index (κ3) is 1.38. The first-order valence-corrected chi connectivity index (χ1v) is 7.27. The lowest BCUT2D eigenvalue weighted by atomic mass is 9.57. The molecule has 3 atom stereocenters. The Labute approximate surface area is 114 Å². The van der Waals surface area contributed by atoms with Crippen LogP contribution < -0.4 is 0 Å². The Kier molecular flexibility index (Phi) is 2.25. The van der Waals surface area contributed by atoms with Gasteiger partial charge in [0.2, 0.25) is 0 Å². The smallest absolute Gasteiger partial charge is 0.0739 e. The van der Waals surface area contributed by atoms with E-state index < -0.39 is 0 Å². The molecule has 102 valence electrons. The molecule has 3 unspecified atom stereocenters. The highest BCUT2D eigenvalue weighted by Gasteiger charge is 2.63. The molecule has 5 rings (SSSR count). The van der Waals surface area contributed by atoms with E-state index in [0.717, 1.165) is 26.2 Å². The fourth-order valence-corrected chi connectivity index (χ4v) is 4.75. The number of benzene rings is 1. The van der Waals surface area contributed by atoms with Gasteiger partial charge in [0, 0.05) is 37.0 Å². The highest BCUT2D eigenvalue weighted by Crippen LogP contribution is 2.51. The number of piperidine rings is 2. The van der Waals surface area contributed by atoms with Gasteiger partial charge in [-0.2, -0.15) is 0 Å². The van der Waals surface area contributed by atoms with Crippen LogP contribution in [0.15, 0.2) is 30.3 Å². The van der Waals surface area contributed by atoms with Gasteiger partial charge >= 0.3 is 0 Å². The largest absolute Gasteiger partial charge is 0.391 e. The van der Waals surface area contributed by atoms with E-state index in [1.165, 1.54) is 5.56 Å². The summed E-state index contributed by atoms with van der Waals surface area (Å²) in [6.45, 7) is 8.59. The minimum absolute atomic E-state index is 0.0127. The molecular formula is C16H22N2O. The number of hydrogen-bond donors (Lipinski definition) is 1. The molecule has 1 N–H and O–H groups in total. The maximum Gasteiger partial charge on any atom is 0.0739 e. The second kappa shape index (κ2) is 3.60. The predicted molar refractivity (Wildman–Crippen MR) is 74.8 cm³/mol. The van der Waals surface area contributed by atoms with Gasteiger partial charge in [-0.25, -0.2) is 0 Å². The van der Waals surface area contributed by atoms with Gasteiger partial charge in [-0.05, 0) is 12.5 Å². The minimum Gasteiger partial charge on any atom is -0.391 e. The number of hydrogen-bond acceptors (Lipinski definition) is 3. The minimum atomic E-state index is -0.234. The highest BCUT2D eigenvalue weighted by molar-refractivity contribution is 5.34. The molecule has 3 nitrogen and oxygen atoms in total. The van der Waals surface area contributed by atoms with Crippen LogP contribution in [0.3, 0.4) is 0 Å². The van der Waals surface area contributed by atoms with E-state index in [0.29, 0.717) is 6.17 Å². The van der Waals surface area contributed by atoms with Crippen molar-refractivity contribution in [3.63, 3.8) is 0 Å². The van der Waals surface area contributed by atoms with Crippen LogP contribution in [0, 0.1) is 5.41 Å². The van der Waals surface area contributed by atoms with E-state index in [2.05, 4.69) is 54.0 Å². The third-order valence-corrected chi connectivity index (χ3v) is 5.69. The summed E-state index contributed by atoms with van der Waals surface area (Å²) in [6, 6.07) is 10.6. The summed E-state index contributed by atoms with van der Waals surface area (Å²) in [5, 5.41) is 11.0. The molecule has 4 aliphatic heterocycles. The summed E-state index contributed by atoms with van der Waals surface area (Å²) in [5.41, 5.74) is 1.22. The fourth-order valence-electron chi connectivity index (χ4n) is 4.75. The first-order valence-electron chi connectivity index (χ1n) is 7.27. The Morgan fingerprint density at radius 3 is 2.21 bits per heavy atom. The predicted octanol–water partition coefficient (Wildman–Crippen LogP) is 1.28. The lowest BCUT2D eigenvalue weighted by Crippen LogP contribution is -2.81. The van der Waals surface area contributed by atoms with Gasteiger partial charge in [0.25, 0.3) is 0 Å². The standard InChI is InChI=1S/C16H22N2O/c1-12-17-8-15(2)9-18(12)11-16(10-17,14(15)19)13-6-4-3-5-7-13/h3-7,12,14,19H,8-11H2,1-2H3. The van der Waals surface area contributed by atoms with Crippen LogP contribution in [-0.2, 0) is 5.41 Å². The number of rotatable bonds is 1. The summed E-state index contributed by atoms with van der Waals surface area (Å²) in [4.78, 5) is 5.10. The Hall–Kier alpha value is -0.900. The second-order valence-electron chi connectivity index (χ2n) is 7.02. The van der Waals surface area contributed by atoms with Gasteiger partial charge < -0.3 is 5.11 Å². The van der Waals surface area contributed by atoms with Crippen molar-refractivity contribution in [2.24, 2.45) is 5.41 Å². The number of aliphatic hydroxyl groups excluding tert-OH is 1. The van der Waals surface area contributed by atoms with Gasteiger partial charge in [-0.1, -0.05) is 37.3 Å². The zero-order valence-corrected chi connectivity index (χ0v) is 11.7. The molecule has 4 aliphatic rings. The van der Waals surface area contributed by atoms with Crippen LogP contribution in [0.1, 0.15) is 19.4 Å². The lowest BCUT2D eigenvalue weighted by Gasteiger charge is -2.68. The molecule has 0 aromatic heterocycles. The normalized spacial score (nSPS) is 51.5. The maximum absolute atomic E-state index is 11.0. The Morgan fingerprint density at radius 2 is 1.63 bits per heavy atom. The molecule has 4 saturated heterocycles. The van der Waals surface area contributed by atoms with Crippen molar-refractivity contribution in [3.8, 4) is 0 Å².